The maximum Gasteiger partial charge on any atom is 0.338 e. The predicted octanol–water partition coefficient (Wildman–Crippen LogP) is 3.00. The highest BCUT2D eigenvalue weighted by atomic mass is 16.6. The molecular weight excluding hydrogens is 242 g/mol. The van der Waals surface area contributed by atoms with Gasteiger partial charge in [-0.2, -0.15) is 0 Å². The summed E-state index contributed by atoms with van der Waals surface area (Å²) in [6.07, 6.45) is 1.54. The summed E-state index contributed by atoms with van der Waals surface area (Å²) in [7, 11) is 1.46. The summed E-state index contributed by atoms with van der Waals surface area (Å²) >= 11 is 0. The molecule has 4 heteroatoms. The van der Waals surface area contributed by atoms with Crippen LogP contribution in [0.2, 0.25) is 0 Å². The normalized spacial score (nSPS) is 10.8. The fourth-order valence-corrected chi connectivity index (χ4v) is 1.93. The van der Waals surface area contributed by atoms with E-state index in [0.717, 1.165) is 10.8 Å². The molecule has 19 heavy (non-hydrogen) atoms. The topological polar surface area (TPSA) is 47.9 Å². The van der Waals surface area contributed by atoms with Gasteiger partial charge in [-0.05, 0) is 23.8 Å². The van der Waals surface area contributed by atoms with Gasteiger partial charge in [0.15, 0.2) is 0 Å². The van der Waals surface area contributed by atoms with Crippen molar-refractivity contribution in [2.45, 2.75) is 6.92 Å². The van der Waals surface area contributed by atoms with E-state index in [1.54, 1.807) is 13.0 Å². The molecule has 2 rings (SSSR count). The fourth-order valence-electron chi connectivity index (χ4n) is 1.93. The summed E-state index contributed by atoms with van der Waals surface area (Å²) in [5.41, 5.74) is 1.19. The molecular formula is C15H15NO3. The van der Waals surface area contributed by atoms with Crippen LogP contribution in [0, 0.1) is 0 Å². The smallest absolute Gasteiger partial charge is 0.338 e. The van der Waals surface area contributed by atoms with Gasteiger partial charge in [0.2, 0.25) is 0 Å². The lowest BCUT2D eigenvalue weighted by Crippen LogP contribution is -2.08. The van der Waals surface area contributed by atoms with Gasteiger partial charge in [-0.25, -0.2) is 4.79 Å². The molecule has 2 aromatic carbocycles. The first-order chi connectivity index (χ1) is 9.27. The Bertz CT molecular complexity index is 620. The van der Waals surface area contributed by atoms with Gasteiger partial charge < -0.3 is 9.57 Å². The van der Waals surface area contributed by atoms with Crippen LogP contribution in [0.1, 0.15) is 22.8 Å². The molecule has 0 spiro atoms. The number of oxime groups is 1. The number of esters is 1. The molecule has 2 aromatic rings. The number of hydrogen-bond acceptors (Lipinski definition) is 4. The van der Waals surface area contributed by atoms with Crippen molar-refractivity contribution in [2.24, 2.45) is 5.16 Å². The quantitative estimate of drug-likeness (QED) is 0.480. The number of nitrogens with zero attached hydrogens (tertiary/aromatic N) is 1. The van der Waals surface area contributed by atoms with Crippen LogP contribution in [0.3, 0.4) is 0 Å². The van der Waals surface area contributed by atoms with Crippen LogP contribution in [-0.2, 0) is 9.57 Å². The molecule has 0 aliphatic heterocycles. The number of fused-ring (bicyclic) bond motifs is 1. The highest BCUT2D eigenvalue weighted by Crippen LogP contribution is 2.22. The highest BCUT2D eigenvalue weighted by molar-refractivity contribution is 6.09. The third-order valence-corrected chi connectivity index (χ3v) is 2.75. The summed E-state index contributed by atoms with van der Waals surface area (Å²) in [5.74, 6) is -0.356. The van der Waals surface area contributed by atoms with Crippen LogP contribution >= 0.6 is 0 Å². The van der Waals surface area contributed by atoms with Crippen molar-refractivity contribution in [3.63, 3.8) is 0 Å². The summed E-state index contributed by atoms with van der Waals surface area (Å²) in [6.45, 7) is 2.12. The molecule has 0 atom stereocenters. The summed E-state index contributed by atoms with van der Waals surface area (Å²) in [5, 5.41) is 5.74. The molecule has 98 valence electrons. The van der Waals surface area contributed by atoms with Crippen molar-refractivity contribution in [2.75, 3.05) is 13.7 Å². The Kier molecular flexibility index (Phi) is 4.13. The van der Waals surface area contributed by atoms with Gasteiger partial charge in [0.1, 0.15) is 7.11 Å². The van der Waals surface area contributed by atoms with Gasteiger partial charge in [0.25, 0.3) is 0 Å². The first-order valence-electron chi connectivity index (χ1n) is 6.03. The first-order valence-corrected chi connectivity index (χ1v) is 6.03. The Morgan fingerprint density at radius 3 is 2.79 bits per heavy atom. The standard InChI is InChI=1S/C15H15NO3/c1-3-19-15(17)13-9-8-11-6-4-5-7-12(11)14(13)10-16-18-2/h4-10H,3H2,1-2H3/b16-10+. The van der Waals surface area contributed by atoms with Gasteiger partial charge in [-0.1, -0.05) is 35.5 Å². The third-order valence-electron chi connectivity index (χ3n) is 2.75. The Hall–Kier alpha value is -2.36. The minimum absolute atomic E-state index is 0.340. The summed E-state index contributed by atoms with van der Waals surface area (Å²) in [4.78, 5) is 16.7. The van der Waals surface area contributed by atoms with Crippen molar-refractivity contribution >= 4 is 23.0 Å². The number of hydrogen-bond donors (Lipinski definition) is 0. The van der Waals surface area contributed by atoms with E-state index >= 15 is 0 Å². The monoisotopic (exact) mass is 257 g/mol. The number of rotatable bonds is 4. The molecule has 0 unspecified atom stereocenters. The predicted molar refractivity (Wildman–Crippen MR) is 74.5 cm³/mol. The molecule has 0 fully saturated rings. The minimum atomic E-state index is -0.356. The molecule has 0 saturated carbocycles. The lowest BCUT2D eigenvalue weighted by Gasteiger charge is -2.08. The molecule has 0 saturated heterocycles. The van der Waals surface area contributed by atoms with E-state index in [4.69, 9.17) is 9.57 Å². The second kappa shape index (κ2) is 6.00. The summed E-state index contributed by atoms with van der Waals surface area (Å²) in [6, 6.07) is 11.4. The van der Waals surface area contributed by atoms with Crippen LogP contribution in [0.5, 0.6) is 0 Å². The van der Waals surface area contributed by atoms with Crippen molar-refractivity contribution in [1.29, 1.82) is 0 Å². The average Bonchev–Trinajstić information content (AvgIpc) is 2.44. The largest absolute Gasteiger partial charge is 0.462 e. The van der Waals surface area contributed by atoms with Crippen LogP contribution in [-0.4, -0.2) is 25.9 Å². The maximum atomic E-state index is 11.9. The molecule has 4 nitrogen and oxygen atoms in total. The Morgan fingerprint density at radius 2 is 2.05 bits per heavy atom. The Balaban J connectivity index is 2.62. The van der Waals surface area contributed by atoms with E-state index in [1.807, 2.05) is 30.3 Å². The van der Waals surface area contributed by atoms with Crippen molar-refractivity contribution in [3.8, 4) is 0 Å². The summed E-state index contributed by atoms with van der Waals surface area (Å²) < 4.78 is 5.06. The van der Waals surface area contributed by atoms with Gasteiger partial charge in [-0.15, -0.1) is 0 Å². The van der Waals surface area contributed by atoms with Crippen LogP contribution < -0.4 is 0 Å². The number of carbonyl (C=O) groups excluding carboxylic acids is 1. The zero-order chi connectivity index (χ0) is 13.7. The molecule has 0 aliphatic rings. The Labute approximate surface area is 111 Å². The lowest BCUT2D eigenvalue weighted by molar-refractivity contribution is 0.0526. The second-order valence-electron chi connectivity index (χ2n) is 3.89. The highest BCUT2D eigenvalue weighted by Gasteiger charge is 2.14. The van der Waals surface area contributed by atoms with Crippen LogP contribution in [0.25, 0.3) is 10.8 Å². The van der Waals surface area contributed by atoms with Crippen molar-refractivity contribution in [1.82, 2.24) is 0 Å². The van der Waals surface area contributed by atoms with Gasteiger partial charge in [0.05, 0.1) is 18.4 Å². The van der Waals surface area contributed by atoms with E-state index in [2.05, 4.69) is 5.16 Å². The SMILES string of the molecule is CCOC(=O)c1ccc2ccccc2c1/C=N/OC. The Morgan fingerprint density at radius 1 is 1.26 bits per heavy atom. The average molecular weight is 257 g/mol. The number of carbonyl (C=O) groups is 1. The van der Waals surface area contributed by atoms with Gasteiger partial charge >= 0.3 is 5.97 Å². The molecule has 0 bridgehead atoms. The van der Waals surface area contributed by atoms with E-state index in [1.165, 1.54) is 13.3 Å². The molecule has 0 aromatic heterocycles. The molecule has 0 amide bonds. The maximum absolute atomic E-state index is 11.9. The minimum Gasteiger partial charge on any atom is -0.462 e. The zero-order valence-electron chi connectivity index (χ0n) is 10.9. The second-order valence-corrected chi connectivity index (χ2v) is 3.89. The van der Waals surface area contributed by atoms with Gasteiger partial charge in [-0.3, -0.25) is 0 Å². The van der Waals surface area contributed by atoms with Crippen LogP contribution in [0.15, 0.2) is 41.6 Å². The molecule has 0 N–H and O–H groups in total. The molecule has 0 aliphatic carbocycles. The third kappa shape index (κ3) is 2.73. The molecule has 0 radical (unpaired) electrons. The van der Waals surface area contributed by atoms with Crippen molar-refractivity contribution in [3.05, 3.63) is 47.5 Å². The number of ether oxygens (including phenoxy) is 1. The van der Waals surface area contributed by atoms with E-state index < -0.39 is 0 Å². The first kappa shape index (κ1) is 13.1. The lowest BCUT2D eigenvalue weighted by atomic mass is 10.00. The van der Waals surface area contributed by atoms with E-state index in [9.17, 15) is 4.79 Å². The van der Waals surface area contributed by atoms with Gasteiger partial charge in [0, 0.05) is 5.56 Å². The molecule has 0 heterocycles. The van der Waals surface area contributed by atoms with E-state index in [0.29, 0.717) is 17.7 Å². The zero-order valence-corrected chi connectivity index (χ0v) is 10.9. The fraction of sp³-hybridized carbons (Fsp3) is 0.200. The van der Waals surface area contributed by atoms with Crippen molar-refractivity contribution < 1.29 is 14.4 Å². The van der Waals surface area contributed by atoms with Crippen LogP contribution in [0.4, 0.5) is 0 Å². The number of benzene rings is 2. The van der Waals surface area contributed by atoms with E-state index in [-0.39, 0.29) is 5.97 Å².